The topological polar surface area (TPSA) is 34.1 Å². The van der Waals surface area contributed by atoms with E-state index in [4.69, 9.17) is 0 Å². The largest absolute Gasteiger partial charge is 0.303 e. The molecule has 4 saturated carbocycles. The highest BCUT2D eigenvalue weighted by Gasteiger charge is 2.70. The predicted molar refractivity (Wildman–Crippen MR) is 130 cm³/mol. The molecule has 0 bridgehead atoms. The minimum atomic E-state index is -0.254. The molecule has 0 spiro atoms. The van der Waals surface area contributed by atoms with Crippen molar-refractivity contribution in [3.05, 3.63) is 12.2 Å². The summed E-state index contributed by atoms with van der Waals surface area (Å²) >= 11 is 0. The highest BCUT2D eigenvalue weighted by atomic mass is 16.1. The molecule has 9 atom stereocenters. The van der Waals surface area contributed by atoms with Crippen LogP contribution in [-0.4, -0.2) is 12.1 Å². The zero-order valence-corrected chi connectivity index (χ0v) is 21.7. The van der Waals surface area contributed by atoms with Gasteiger partial charge in [-0.25, -0.2) is 0 Å². The Morgan fingerprint density at radius 1 is 0.875 bits per heavy atom. The summed E-state index contributed by atoms with van der Waals surface area (Å²) in [6.45, 7) is 16.9. The maximum absolute atomic E-state index is 12.8. The smallest absolute Gasteiger partial charge is 0.161 e. The van der Waals surface area contributed by atoms with Gasteiger partial charge in [-0.1, -0.05) is 54.5 Å². The van der Waals surface area contributed by atoms with Crippen LogP contribution in [0.2, 0.25) is 0 Å². The maximum Gasteiger partial charge on any atom is 0.161 e. The summed E-state index contributed by atoms with van der Waals surface area (Å²) in [7, 11) is 0. The van der Waals surface area contributed by atoms with Gasteiger partial charge in [0.1, 0.15) is 6.29 Å². The van der Waals surface area contributed by atoms with Gasteiger partial charge < -0.3 is 4.79 Å². The van der Waals surface area contributed by atoms with Crippen molar-refractivity contribution in [1.82, 2.24) is 0 Å². The SMILES string of the molecule is CC(C)[C@@H]1CC[C@]2(C=O)CC[C@]3(C)[C@H](CC[C@@H]4[C@@]5(C)C=CC(=O)C(C)(C)[C@@H]5CC[C@]43C)[C@@H]12. The van der Waals surface area contributed by atoms with E-state index in [0.717, 1.165) is 19.3 Å². The van der Waals surface area contributed by atoms with Crippen molar-refractivity contribution >= 4 is 12.1 Å². The second kappa shape index (κ2) is 6.82. The van der Waals surface area contributed by atoms with Crippen LogP contribution in [0.1, 0.15) is 99.8 Å². The normalized spacial score (nSPS) is 53.9. The summed E-state index contributed by atoms with van der Waals surface area (Å²) in [5.41, 5.74) is 0.364. The number of carbonyl (C=O) groups is 2. The first kappa shape index (κ1) is 22.9. The molecular formula is C30H46O2. The van der Waals surface area contributed by atoms with Gasteiger partial charge in [0.15, 0.2) is 5.78 Å². The summed E-state index contributed by atoms with van der Waals surface area (Å²) in [4.78, 5) is 25.4. The van der Waals surface area contributed by atoms with Crippen molar-refractivity contribution in [3.8, 4) is 0 Å². The number of aldehydes is 1. The average Bonchev–Trinajstić information content (AvgIpc) is 3.12. The van der Waals surface area contributed by atoms with Gasteiger partial charge in [-0.15, -0.1) is 0 Å². The first-order valence-corrected chi connectivity index (χ1v) is 13.6. The molecule has 0 aromatic heterocycles. The van der Waals surface area contributed by atoms with Gasteiger partial charge in [0, 0.05) is 10.8 Å². The molecule has 32 heavy (non-hydrogen) atoms. The maximum atomic E-state index is 12.8. The lowest BCUT2D eigenvalue weighted by molar-refractivity contribution is -0.217. The fourth-order valence-corrected chi connectivity index (χ4v) is 11.0. The number of fused-ring (bicyclic) bond motifs is 7. The fraction of sp³-hybridized carbons (Fsp3) is 0.867. The van der Waals surface area contributed by atoms with E-state index < -0.39 is 0 Å². The molecule has 0 aromatic carbocycles. The van der Waals surface area contributed by atoms with Crippen LogP contribution in [0.15, 0.2) is 12.2 Å². The van der Waals surface area contributed by atoms with E-state index in [1.165, 1.54) is 38.4 Å². The van der Waals surface area contributed by atoms with Gasteiger partial charge in [-0.2, -0.15) is 0 Å². The van der Waals surface area contributed by atoms with E-state index in [2.05, 4.69) is 54.5 Å². The van der Waals surface area contributed by atoms with Crippen molar-refractivity contribution in [3.63, 3.8) is 0 Å². The van der Waals surface area contributed by atoms with Crippen LogP contribution >= 0.6 is 0 Å². The van der Waals surface area contributed by atoms with Crippen LogP contribution in [0.25, 0.3) is 0 Å². The molecule has 0 heterocycles. The lowest BCUT2D eigenvalue weighted by Crippen LogP contribution is -2.65. The van der Waals surface area contributed by atoms with Crippen molar-refractivity contribution in [2.75, 3.05) is 0 Å². The minimum absolute atomic E-state index is 0.0530. The lowest BCUT2D eigenvalue weighted by Gasteiger charge is -2.71. The van der Waals surface area contributed by atoms with E-state index in [9.17, 15) is 9.59 Å². The van der Waals surface area contributed by atoms with Crippen molar-refractivity contribution in [2.45, 2.75) is 99.8 Å². The van der Waals surface area contributed by atoms with E-state index >= 15 is 0 Å². The second-order valence-corrected chi connectivity index (χ2v) is 14.3. The zero-order chi connectivity index (χ0) is 23.3. The third-order valence-electron chi connectivity index (χ3n) is 12.9. The molecule has 5 aliphatic carbocycles. The number of ketones is 1. The Bertz CT molecular complexity index is 853. The molecule has 2 nitrogen and oxygen atoms in total. The molecule has 0 aliphatic heterocycles. The van der Waals surface area contributed by atoms with Crippen molar-refractivity contribution in [1.29, 1.82) is 0 Å². The molecular weight excluding hydrogens is 392 g/mol. The molecule has 5 rings (SSSR count). The zero-order valence-electron chi connectivity index (χ0n) is 21.7. The van der Waals surface area contributed by atoms with Gasteiger partial charge in [0.25, 0.3) is 0 Å². The Hall–Kier alpha value is -0.920. The minimum Gasteiger partial charge on any atom is -0.303 e. The first-order chi connectivity index (χ1) is 14.9. The van der Waals surface area contributed by atoms with Crippen molar-refractivity contribution < 1.29 is 9.59 Å². The molecule has 0 saturated heterocycles. The van der Waals surface area contributed by atoms with Gasteiger partial charge in [0.2, 0.25) is 0 Å². The van der Waals surface area contributed by atoms with E-state index in [1.54, 1.807) is 0 Å². The first-order valence-electron chi connectivity index (χ1n) is 13.6. The molecule has 4 fully saturated rings. The van der Waals surface area contributed by atoms with Crippen LogP contribution in [-0.2, 0) is 9.59 Å². The second-order valence-electron chi connectivity index (χ2n) is 14.3. The summed E-state index contributed by atoms with van der Waals surface area (Å²) in [6.07, 6.45) is 15.3. The highest BCUT2D eigenvalue weighted by Crippen LogP contribution is 2.76. The van der Waals surface area contributed by atoms with Crippen LogP contribution in [0.5, 0.6) is 0 Å². The third kappa shape index (κ3) is 2.54. The molecule has 0 aromatic rings. The Morgan fingerprint density at radius 2 is 1.59 bits per heavy atom. The number of rotatable bonds is 2. The van der Waals surface area contributed by atoms with Gasteiger partial charge in [0.05, 0.1) is 0 Å². The molecule has 178 valence electrons. The van der Waals surface area contributed by atoms with Crippen LogP contribution in [0.3, 0.4) is 0 Å². The number of hydrogen-bond donors (Lipinski definition) is 0. The molecule has 0 unspecified atom stereocenters. The third-order valence-corrected chi connectivity index (χ3v) is 12.9. The van der Waals surface area contributed by atoms with Gasteiger partial charge >= 0.3 is 0 Å². The Morgan fingerprint density at radius 3 is 2.25 bits per heavy atom. The quantitative estimate of drug-likeness (QED) is 0.425. The number of allylic oxidation sites excluding steroid dienone is 2. The van der Waals surface area contributed by atoms with Crippen LogP contribution < -0.4 is 0 Å². The van der Waals surface area contributed by atoms with Gasteiger partial charge in [-0.3, -0.25) is 4.79 Å². The summed E-state index contributed by atoms with van der Waals surface area (Å²) < 4.78 is 0. The number of carbonyl (C=O) groups excluding carboxylic acids is 2. The van der Waals surface area contributed by atoms with E-state index in [0.29, 0.717) is 41.3 Å². The molecule has 2 heteroatoms. The Kier molecular flexibility index (Phi) is 4.87. The van der Waals surface area contributed by atoms with Crippen LogP contribution in [0.4, 0.5) is 0 Å². The fourth-order valence-electron chi connectivity index (χ4n) is 11.0. The predicted octanol–water partition coefficient (Wildman–Crippen LogP) is 7.27. The number of hydrogen-bond acceptors (Lipinski definition) is 2. The van der Waals surface area contributed by atoms with Gasteiger partial charge in [-0.05, 0) is 109 Å². The summed E-state index contributed by atoms with van der Waals surface area (Å²) in [6, 6.07) is 0. The molecule has 5 aliphatic rings. The van der Waals surface area contributed by atoms with E-state index in [1.807, 2.05) is 6.08 Å². The Labute approximate surface area is 196 Å². The van der Waals surface area contributed by atoms with Crippen molar-refractivity contribution in [2.24, 2.45) is 62.6 Å². The standard InChI is InChI=1S/C30H46O2/c1-19(2)20-10-15-30(18-31)17-16-28(6)21(25(20)30)8-9-23-27(5)13-12-24(32)26(3,4)22(27)11-14-29(23,28)7/h12-13,18-23,25H,8-11,14-17H2,1-7H3/t20-,21+,22-,23+,25+,27-,28+,29+,30+/m0/s1. The van der Waals surface area contributed by atoms with E-state index in [-0.39, 0.29) is 27.1 Å². The average molecular weight is 439 g/mol. The summed E-state index contributed by atoms with van der Waals surface area (Å²) in [5, 5.41) is 0. The molecule has 0 radical (unpaired) electrons. The highest BCUT2D eigenvalue weighted by molar-refractivity contribution is 5.95. The lowest BCUT2D eigenvalue weighted by atomic mass is 9.33. The van der Waals surface area contributed by atoms with Crippen LogP contribution in [0, 0.1) is 62.6 Å². The molecule has 0 N–H and O–H groups in total. The summed E-state index contributed by atoms with van der Waals surface area (Å²) in [5.74, 6) is 3.99. The molecule has 0 amide bonds. The monoisotopic (exact) mass is 438 g/mol. The Balaban J connectivity index is 1.58.